The highest BCUT2D eigenvalue weighted by Gasteiger charge is 2.06. The van der Waals surface area contributed by atoms with Gasteiger partial charge < -0.3 is 20.4 Å². The molecule has 0 amide bonds. The number of fused-ring (bicyclic) bond motifs is 1. The highest BCUT2D eigenvalue weighted by molar-refractivity contribution is 5.81. The Labute approximate surface area is 132 Å². The van der Waals surface area contributed by atoms with Crippen LogP contribution < -0.4 is 10.6 Å². The summed E-state index contributed by atoms with van der Waals surface area (Å²) in [5.74, 6) is 0.662. The molecule has 1 aliphatic carbocycles. The van der Waals surface area contributed by atoms with Gasteiger partial charge in [0, 0.05) is 31.9 Å². The fraction of sp³-hybridized carbons (Fsp3) is 0.412. The quantitative estimate of drug-likeness (QED) is 0.453. The largest absolute Gasteiger partial charge is 0.364 e. The average Bonchev–Trinajstić information content (AvgIpc) is 2.79. The van der Waals surface area contributed by atoms with Gasteiger partial charge in [-0.2, -0.15) is 0 Å². The van der Waals surface area contributed by atoms with Crippen molar-refractivity contribution in [3.8, 4) is 0 Å². The van der Waals surface area contributed by atoms with E-state index >= 15 is 0 Å². The number of hydrogen-bond donors (Lipinski definition) is 3. The fourth-order valence-electron chi connectivity index (χ4n) is 2.14. The Balaban J connectivity index is 0.000000225. The Hall–Kier alpha value is -2.30. The lowest BCUT2D eigenvalue weighted by molar-refractivity contribution is -0.106. The molecule has 0 radical (unpaired) electrons. The van der Waals surface area contributed by atoms with E-state index in [1.54, 1.807) is 7.05 Å². The first-order valence-electron chi connectivity index (χ1n) is 7.67. The molecule has 0 unspecified atom stereocenters. The summed E-state index contributed by atoms with van der Waals surface area (Å²) >= 11 is 0. The zero-order valence-corrected chi connectivity index (χ0v) is 13.6. The first-order chi connectivity index (χ1) is 10.8. The summed E-state index contributed by atoms with van der Waals surface area (Å²) < 4.78 is 0. The summed E-state index contributed by atoms with van der Waals surface area (Å²) in [5.41, 5.74) is 4.16. The molecule has 0 aromatic carbocycles. The van der Waals surface area contributed by atoms with Crippen LogP contribution in [0, 0.1) is 0 Å². The molecule has 0 bridgehead atoms. The van der Waals surface area contributed by atoms with Gasteiger partial charge in [0.25, 0.3) is 0 Å². The number of rotatable bonds is 4. The monoisotopic (exact) mass is 302 g/mol. The van der Waals surface area contributed by atoms with Gasteiger partial charge in [-0.1, -0.05) is 31.2 Å². The predicted octanol–water partition coefficient (Wildman–Crippen LogP) is 2.07. The number of allylic oxidation sites excluding steroid dienone is 3. The summed E-state index contributed by atoms with van der Waals surface area (Å²) in [7, 11) is 1.66. The molecule has 0 saturated heterocycles. The number of aromatic amines is 1. The molecule has 0 atom stereocenters. The number of carbonyl (C=O) groups is 1. The van der Waals surface area contributed by atoms with E-state index in [-0.39, 0.29) is 0 Å². The van der Waals surface area contributed by atoms with Crippen molar-refractivity contribution in [2.75, 3.05) is 20.1 Å². The third-order valence-electron chi connectivity index (χ3n) is 3.23. The Morgan fingerprint density at radius 3 is 2.82 bits per heavy atom. The van der Waals surface area contributed by atoms with Crippen LogP contribution in [0.1, 0.15) is 30.7 Å². The number of aryl methyl sites for hydroxylation is 1. The van der Waals surface area contributed by atoms with Crippen LogP contribution >= 0.6 is 0 Å². The van der Waals surface area contributed by atoms with Crippen molar-refractivity contribution in [2.45, 2.75) is 26.7 Å². The van der Waals surface area contributed by atoms with Crippen molar-refractivity contribution >= 4 is 18.3 Å². The Kier molecular flexibility index (Phi) is 8.42. The molecule has 1 aromatic heterocycles. The molecule has 120 valence electrons. The number of guanidine groups is 1. The molecule has 22 heavy (non-hydrogen) atoms. The van der Waals surface area contributed by atoms with E-state index in [2.05, 4.69) is 58.0 Å². The average molecular weight is 302 g/mol. The van der Waals surface area contributed by atoms with Gasteiger partial charge in [-0.3, -0.25) is 4.99 Å². The predicted molar refractivity (Wildman–Crippen MR) is 93.2 cm³/mol. The zero-order chi connectivity index (χ0) is 16.2. The first-order valence-corrected chi connectivity index (χ1v) is 7.67. The first kappa shape index (κ1) is 17.8. The lowest BCUT2D eigenvalue weighted by atomic mass is 10.1. The van der Waals surface area contributed by atoms with Crippen LogP contribution in [-0.4, -0.2) is 37.4 Å². The van der Waals surface area contributed by atoms with Gasteiger partial charge >= 0.3 is 0 Å². The number of carbonyl (C=O) groups excluding carboxylic acids is 1. The van der Waals surface area contributed by atoms with Gasteiger partial charge in [-0.05, 0) is 24.5 Å². The molecule has 5 heteroatoms. The second-order valence-corrected chi connectivity index (χ2v) is 4.70. The van der Waals surface area contributed by atoms with Crippen molar-refractivity contribution < 1.29 is 4.79 Å². The number of aromatic nitrogens is 1. The summed E-state index contributed by atoms with van der Waals surface area (Å²) in [6.07, 6.45) is 13.6. The van der Waals surface area contributed by atoms with E-state index in [9.17, 15) is 4.79 Å². The molecule has 0 fully saturated rings. The Bertz CT molecular complexity index is 541. The fourth-order valence-corrected chi connectivity index (χ4v) is 2.14. The molecule has 3 N–H and O–H groups in total. The molecule has 1 heterocycles. The Morgan fingerprint density at radius 2 is 2.18 bits per heavy atom. The highest BCUT2D eigenvalue weighted by atomic mass is 16.1. The summed E-state index contributed by atoms with van der Waals surface area (Å²) in [6, 6.07) is 0. The van der Waals surface area contributed by atoms with Crippen molar-refractivity contribution in [3.63, 3.8) is 0 Å². The highest BCUT2D eigenvalue weighted by Crippen LogP contribution is 2.19. The number of H-pyrrole nitrogens is 1. The summed E-state index contributed by atoms with van der Waals surface area (Å²) in [6.45, 7) is 5.27. The van der Waals surface area contributed by atoms with Gasteiger partial charge in [-0.25, -0.2) is 0 Å². The maximum Gasteiger partial charge on any atom is 0.191 e. The van der Waals surface area contributed by atoms with Gasteiger partial charge in [0.1, 0.15) is 6.29 Å². The van der Waals surface area contributed by atoms with E-state index in [0.29, 0.717) is 12.5 Å². The minimum atomic E-state index is 0.305. The summed E-state index contributed by atoms with van der Waals surface area (Å²) in [5, 5.41) is 5.74. The Morgan fingerprint density at radius 1 is 1.36 bits per heavy atom. The third kappa shape index (κ3) is 5.60. The molecule has 1 aliphatic rings. The summed E-state index contributed by atoms with van der Waals surface area (Å²) in [4.78, 5) is 17.0. The van der Waals surface area contributed by atoms with Gasteiger partial charge in [0.2, 0.25) is 0 Å². The second-order valence-electron chi connectivity index (χ2n) is 4.70. The van der Waals surface area contributed by atoms with E-state index in [1.165, 1.54) is 16.8 Å². The van der Waals surface area contributed by atoms with Crippen LogP contribution in [0.2, 0.25) is 0 Å². The minimum absolute atomic E-state index is 0.305. The molecule has 0 aliphatic heterocycles. The van der Waals surface area contributed by atoms with Crippen molar-refractivity contribution in [2.24, 2.45) is 4.99 Å². The standard InChI is InChI=1S/C11H13N.C6H13N3O/c1-2-9-8-12-11-7-5-3-4-6-10(9)11;1-3-8-6(7-2)9-4-5-10/h3-6,8,12H,2,7H2,1H3;5H,3-4H2,1-2H3,(H2,7,8,9). The van der Waals surface area contributed by atoms with Crippen LogP contribution in [0.3, 0.4) is 0 Å². The minimum Gasteiger partial charge on any atom is -0.364 e. The van der Waals surface area contributed by atoms with Crippen molar-refractivity contribution in [1.82, 2.24) is 15.6 Å². The van der Waals surface area contributed by atoms with Crippen LogP contribution in [0.4, 0.5) is 0 Å². The molecule has 2 rings (SSSR count). The lowest BCUT2D eigenvalue weighted by Crippen LogP contribution is -2.37. The SMILES string of the molecule is CCNC(=NC)NCC=O.CCc1c[nH]c2c1C=CC=CC2. The number of hydrogen-bond acceptors (Lipinski definition) is 2. The maximum atomic E-state index is 9.88. The lowest BCUT2D eigenvalue weighted by Gasteiger charge is -2.05. The van der Waals surface area contributed by atoms with Gasteiger partial charge in [0.15, 0.2) is 5.96 Å². The van der Waals surface area contributed by atoms with E-state index < -0.39 is 0 Å². The van der Waals surface area contributed by atoms with E-state index in [0.717, 1.165) is 25.7 Å². The second kappa shape index (κ2) is 10.4. The topological polar surface area (TPSA) is 69.3 Å². The van der Waals surface area contributed by atoms with E-state index in [1.807, 2.05) is 6.92 Å². The molecular formula is C17H26N4O. The number of aldehydes is 1. The molecule has 5 nitrogen and oxygen atoms in total. The number of nitrogens with zero attached hydrogens (tertiary/aromatic N) is 1. The van der Waals surface area contributed by atoms with Crippen molar-refractivity contribution in [3.05, 3.63) is 41.2 Å². The van der Waals surface area contributed by atoms with E-state index in [4.69, 9.17) is 0 Å². The number of aliphatic imine (C=N–C) groups is 1. The van der Waals surface area contributed by atoms with Gasteiger partial charge in [-0.15, -0.1) is 0 Å². The molecule has 1 aromatic rings. The smallest absolute Gasteiger partial charge is 0.191 e. The van der Waals surface area contributed by atoms with Crippen molar-refractivity contribution in [1.29, 1.82) is 0 Å². The zero-order valence-electron chi connectivity index (χ0n) is 13.6. The van der Waals surface area contributed by atoms with Gasteiger partial charge in [0.05, 0.1) is 6.54 Å². The maximum absolute atomic E-state index is 9.88. The number of nitrogens with one attached hydrogen (secondary N) is 3. The van der Waals surface area contributed by atoms with Crippen LogP contribution in [0.25, 0.3) is 6.08 Å². The normalized spacial score (nSPS) is 12.8. The molecule has 0 saturated carbocycles. The van der Waals surface area contributed by atoms with Crippen LogP contribution in [-0.2, 0) is 17.6 Å². The van der Waals surface area contributed by atoms with Crippen LogP contribution in [0.15, 0.2) is 29.4 Å². The molecular weight excluding hydrogens is 276 g/mol. The van der Waals surface area contributed by atoms with Crippen LogP contribution in [0.5, 0.6) is 0 Å². The third-order valence-corrected chi connectivity index (χ3v) is 3.23. The molecule has 0 spiro atoms.